The first kappa shape index (κ1) is 18.8. The number of benzene rings is 2. The molecule has 3 rings (SSSR count). The summed E-state index contributed by atoms with van der Waals surface area (Å²) in [5, 5.41) is 28.0. The fraction of sp³-hybridized carbons (Fsp3) is 0.167. The number of carbonyl (C=O) groups excluding carboxylic acids is 2. The summed E-state index contributed by atoms with van der Waals surface area (Å²) in [6.07, 6.45) is 1.10. The van der Waals surface area contributed by atoms with Crippen LogP contribution in [0, 0.1) is 10.1 Å². The predicted molar refractivity (Wildman–Crippen MR) is 98.1 cm³/mol. The lowest BCUT2D eigenvalue weighted by atomic mass is 9.92. The lowest BCUT2D eigenvalue weighted by Crippen LogP contribution is -2.40. The van der Waals surface area contributed by atoms with E-state index >= 15 is 0 Å². The highest BCUT2D eigenvalue weighted by molar-refractivity contribution is 6.07. The molecule has 2 aromatic rings. The molecule has 0 bridgehead atoms. The molecular weight excluding hydrogens is 368 g/mol. The van der Waals surface area contributed by atoms with Crippen LogP contribution in [0.2, 0.25) is 0 Å². The molecule has 0 radical (unpaired) electrons. The third-order valence-corrected chi connectivity index (χ3v) is 4.34. The number of nitrogens with zero attached hydrogens (tertiary/aromatic N) is 3. The Morgan fingerprint density at radius 1 is 1.29 bits per heavy atom. The number of rotatable bonds is 5. The number of nitrogens with one attached hydrogen (secondary N) is 1. The van der Waals surface area contributed by atoms with Gasteiger partial charge in [-0.2, -0.15) is 5.10 Å². The normalized spacial score (nSPS) is 19.1. The van der Waals surface area contributed by atoms with Crippen LogP contribution in [0.4, 0.5) is 10.5 Å². The average Bonchev–Trinajstić information content (AvgIpc) is 2.91. The second kappa shape index (κ2) is 6.99. The van der Waals surface area contributed by atoms with Crippen molar-refractivity contribution in [3.8, 4) is 11.5 Å². The number of amides is 3. The summed E-state index contributed by atoms with van der Waals surface area (Å²) in [6, 6.07) is 10.3. The SMILES string of the molecule is COc1cc(/C=N/N2C(=O)N[C@@](C)(c3ccccc3)C2=O)cc([N+](=O)[O-])c1O. The van der Waals surface area contributed by atoms with Crippen LogP contribution in [0.15, 0.2) is 47.6 Å². The van der Waals surface area contributed by atoms with Crippen LogP contribution in [-0.2, 0) is 10.3 Å². The maximum atomic E-state index is 12.8. The lowest BCUT2D eigenvalue weighted by Gasteiger charge is -2.20. The van der Waals surface area contributed by atoms with Crippen molar-refractivity contribution in [2.45, 2.75) is 12.5 Å². The molecule has 144 valence electrons. The minimum Gasteiger partial charge on any atom is -0.500 e. The summed E-state index contributed by atoms with van der Waals surface area (Å²) in [4.78, 5) is 35.3. The number of ether oxygens (including phenoxy) is 1. The summed E-state index contributed by atoms with van der Waals surface area (Å²) >= 11 is 0. The van der Waals surface area contributed by atoms with Crippen molar-refractivity contribution in [2.75, 3.05) is 7.11 Å². The highest BCUT2D eigenvalue weighted by Gasteiger charge is 2.49. The Kier molecular flexibility index (Phi) is 4.70. The molecule has 2 aromatic carbocycles. The van der Waals surface area contributed by atoms with E-state index in [-0.39, 0.29) is 11.3 Å². The van der Waals surface area contributed by atoms with Crippen LogP contribution >= 0.6 is 0 Å². The molecule has 28 heavy (non-hydrogen) atoms. The number of phenols is 1. The van der Waals surface area contributed by atoms with E-state index < -0.39 is 33.8 Å². The molecule has 1 fully saturated rings. The van der Waals surface area contributed by atoms with Crippen LogP contribution in [0.25, 0.3) is 0 Å². The third-order valence-electron chi connectivity index (χ3n) is 4.34. The Hall–Kier alpha value is -3.95. The van der Waals surface area contributed by atoms with E-state index in [1.165, 1.54) is 13.2 Å². The number of nitro benzene ring substituents is 1. The Balaban J connectivity index is 1.93. The Bertz CT molecular complexity index is 991. The van der Waals surface area contributed by atoms with Crippen LogP contribution in [-0.4, -0.2) is 40.3 Å². The van der Waals surface area contributed by atoms with Gasteiger partial charge in [-0.15, -0.1) is 5.01 Å². The van der Waals surface area contributed by atoms with Gasteiger partial charge in [0.25, 0.3) is 5.91 Å². The number of hydrazone groups is 1. The number of nitro groups is 1. The van der Waals surface area contributed by atoms with Gasteiger partial charge in [-0.25, -0.2) is 4.79 Å². The van der Waals surface area contributed by atoms with Gasteiger partial charge in [-0.3, -0.25) is 14.9 Å². The molecule has 1 saturated heterocycles. The standard InChI is InChI=1S/C18H16N4O6/c1-18(12-6-4-3-5-7-12)16(24)21(17(25)20-18)19-10-11-8-13(22(26)27)15(23)14(9-11)28-2/h3-10,23H,1-2H3,(H,20,25)/b19-10+/t18-/m0/s1. The number of carbonyl (C=O) groups is 2. The molecule has 3 amide bonds. The summed E-state index contributed by atoms with van der Waals surface area (Å²) in [5.41, 5.74) is -1.12. The smallest absolute Gasteiger partial charge is 0.346 e. The summed E-state index contributed by atoms with van der Waals surface area (Å²) < 4.78 is 4.91. The van der Waals surface area contributed by atoms with Crippen molar-refractivity contribution in [1.82, 2.24) is 10.3 Å². The molecule has 2 N–H and O–H groups in total. The first-order chi connectivity index (χ1) is 13.3. The largest absolute Gasteiger partial charge is 0.500 e. The number of aromatic hydroxyl groups is 1. The van der Waals surface area contributed by atoms with Crippen LogP contribution in [0.5, 0.6) is 11.5 Å². The predicted octanol–water partition coefficient (Wildman–Crippen LogP) is 2.11. The van der Waals surface area contributed by atoms with E-state index in [4.69, 9.17) is 4.74 Å². The molecule has 1 atom stereocenters. The number of phenolic OH excluding ortho intramolecular Hbond substituents is 1. The molecule has 0 saturated carbocycles. The molecule has 10 nitrogen and oxygen atoms in total. The van der Waals surface area contributed by atoms with Crippen molar-refractivity contribution < 1.29 is 24.4 Å². The Labute approximate surface area is 159 Å². The minimum atomic E-state index is -1.28. The van der Waals surface area contributed by atoms with E-state index in [1.54, 1.807) is 37.3 Å². The fourth-order valence-electron chi connectivity index (χ4n) is 2.80. The highest BCUT2D eigenvalue weighted by Crippen LogP contribution is 2.36. The maximum absolute atomic E-state index is 12.8. The number of urea groups is 1. The maximum Gasteiger partial charge on any atom is 0.346 e. The van der Waals surface area contributed by atoms with Crippen LogP contribution < -0.4 is 10.1 Å². The number of imide groups is 1. The van der Waals surface area contributed by atoms with E-state index in [9.17, 15) is 24.8 Å². The number of hydrogen-bond donors (Lipinski definition) is 2. The first-order valence-corrected chi connectivity index (χ1v) is 8.09. The van der Waals surface area contributed by atoms with E-state index in [2.05, 4.69) is 10.4 Å². The van der Waals surface area contributed by atoms with Crippen molar-refractivity contribution in [1.29, 1.82) is 0 Å². The molecule has 0 aliphatic carbocycles. The first-order valence-electron chi connectivity index (χ1n) is 8.09. The summed E-state index contributed by atoms with van der Waals surface area (Å²) in [5.74, 6) is -1.36. The van der Waals surface area contributed by atoms with Gasteiger partial charge in [0.2, 0.25) is 5.75 Å². The van der Waals surface area contributed by atoms with Crippen LogP contribution in [0.1, 0.15) is 18.1 Å². The summed E-state index contributed by atoms with van der Waals surface area (Å²) in [6.45, 7) is 1.56. The quantitative estimate of drug-likeness (QED) is 0.351. The highest BCUT2D eigenvalue weighted by atomic mass is 16.6. The molecule has 1 aliphatic heterocycles. The lowest BCUT2D eigenvalue weighted by molar-refractivity contribution is -0.386. The van der Waals surface area contributed by atoms with E-state index in [0.717, 1.165) is 12.3 Å². The van der Waals surface area contributed by atoms with Gasteiger partial charge in [0.1, 0.15) is 5.54 Å². The van der Waals surface area contributed by atoms with Crippen molar-refractivity contribution >= 4 is 23.8 Å². The molecule has 10 heteroatoms. The molecular formula is C18H16N4O6. The Morgan fingerprint density at radius 3 is 2.57 bits per heavy atom. The van der Waals surface area contributed by atoms with Gasteiger partial charge in [0.15, 0.2) is 5.75 Å². The number of hydrogen-bond acceptors (Lipinski definition) is 7. The number of methoxy groups -OCH3 is 1. The van der Waals surface area contributed by atoms with Gasteiger partial charge in [-0.1, -0.05) is 30.3 Å². The van der Waals surface area contributed by atoms with Gasteiger partial charge in [0, 0.05) is 11.6 Å². The zero-order valence-electron chi connectivity index (χ0n) is 14.9. The zero-order chi connectivity index (χ0) is 20.5. The van der Waals surface area contributed by atoms with E-state index in [1.807, 2.05) is 0 Å². The van der Waals surface area contributed by atoms with Gasteiger partial charge >= 0.3 is 11.7 Å². The second-order valence-electron chi connectivity index (χ2n) is 6.13. The monoisotopic (exact) mass is 384 g/mol. The average molecular weight is 384 g/mol. The molecule has 1 heterocycles. The topological polar surface area (TPSA) is 134 Å². The zero-order valence-corrected chi connectivity index (χ0v) is 14.9. The third kappa shape index (κ3) is 3.11. The van der Waals surface area contributed by atoms with Crippen molar-refractivity contribution in [3.63, 3.8) is 0 Å². The fourth-order valence-corrected chi connectivity index (χ4v) is 2.80. The Morgan fingerprint density at radius 2 is 1.96 bits per heavy atom. The van der Waals surface area contributed by atoms with Crippen LogP contribution in [0.3, 0.4) is 0 Å². The van der Waals surface area contributed by atoms with Crippen molar-refractivity contribution in [3.05, 3.63) is 63.7 Å². The minimum absolute atomic E-state index is 0.137. The van der Waals surface area contributed by atoms with Gasteiger partial charge < -0.3 is 15.2 Å². The molecule has 0 spiro atoms. The molecule has 0 unspecified atom stereocenters. The second-order valence-corrected chi connectivity index (χ2v) is 6.13. The molecule has 1 aliphatic rings. The summed E-state index contributed by atoms with van der Waals surface area (Å²) in [7, 11) is 1.24. The van der Waals surface area contributed by atoms with Gasteiger partial charge in [-0.05, 0) is 18.6 Å². The van der Waals surface area contributed by atoms with E-state index in [0.29, 0.717) is 10.6 Å². The van der Waals surface area contributed by atoms with Gasteiger partial charge in [0.05, 0.1) is 18.2 Å². The van der Waals surface area contributed by atoms with Crippen molar-refractivity contribution in [2.24, 2.45) is 5.10 Å². The molecule has 0 aromatic heterocycles.